The molecule has 0 spiro atoms. The van der Waals surface area contributed by atoms with Crippen molar-refractivity contribution in [1.29, 1.82) is 0 Å². The minimum absolute atomic E-state index is 0.0291. The van der Waals surface area contributed by atoms with Crippen molar-refractivity contribution < 1.29 is 24.0 Å². The van der Waals surface area contributed by atoms with Gasteiger partial charge in [0.15, 0.2) is 6.61 Å². The summed E-state index contributed by atoms with van der Waals surface area (Å²) in [6.45, 7) is 3.33. The molecule has 164 valence electrons. The Hall–Kier alpha value is -3.27. The minimum Gasteiger partial charge on any atom is -0.456 e. The van der Waals surface area contributed by atoms with Crippen LogP contribution in [-0.4, -0.2) is 29.3 Å². The molecule has 10 heteroatoms. The Morgan fingerprint density at radius 3 is 2.48 bits per heavy atom. The third-order valence-corrected chi connectivity index (χ3v) is 5.12. The number of aryl methyl sites for hydroxylation is 2. The Labute approximate surface area is 187 Å². The molecule has 0 saturated heterocycles. The third-order valence-electron chi connectivity index (χ3n) is 4.27. The lowest BCUT2D eigenvalue weighted by Gasteiger charge is -2.11. The number of carbonyl (C=O) groups excluding carboxylic acids is 3. The number of non-ortho nitro benzene ring substituents is 1. The summed E-state index contributed by atoms with van der Waals surface area (Å²) in [6, 6.07) is 9.27. The van der Waals surface area contributed by atoms with E-state index in [1.54, 1.807) is 0 Å². The number of halogens is 1. The van der Waals surface area contributed by atoms with Crippen molar-refractivity contribution in [1.82, 2.24) is 0 Å². The first kappa shape index (κ1) is 24.0. The highest BCUT2D eigenvalue weighted by atomic mass is 79.9. The second-order valence-corrected chi connectivity index (χ2v) is 7.69. The summed E-state index contributed by atoms with van der Waals surface area (Å²) in [5.41, 5.74) is 2.64. The molecule has 0 saturated carbocycles. The van der Waals surface area contributed by atoms with Crippen LogP contribution in [0.4, 0.5) is 17.1 Å². The van der Waals surface area contributed by atoms with Gasteiger partial charge >= 0.3 is 5.97 Å². The predicted octanol–water partition coefficient (Wildman–Crippen LogP) is 4.26. The van der Waals surface area contributed by atoms with Crippen LogP contribution in [0.15, 0.2) is 40.9 Å². The fourth-order valence-electron chi connectivity index (χ4n) is 2.63. The summed E-state index contributed by atoms with van der Waals surface area (Å²) in [7, 11) is 0. The molecule has 0 fully saturated rings. The van der Waals surface area contributed by atoms with Crippen molar-refractivity contribution in [2.24, 2.45) is 0 Å². The first-order valence-corrected chi connectivity index (χ1v) is 10.2. The van der Waals surface area contributed by atoms with Gasteiger partial charge in [-0.1, -0.05) is 22.0 Å². The van der Waals surface area contributed by atoms with Gasteiger partial charge in [0.05, 0.1) is 4.92 Å². The van der Waals surface area contributed by atoms with Gasteiger partial charge in [0, 0.05) is 40.8 Å². The molecule has 0 bridgehead atoms. The van der Waals surface area contributed by atoms with Crippen LogP contribution in [0.25, 0.3) is 0 Å². The number of nitrogens with zero attached hydrogens (tertiary/aromatic N) is 1. The van der Waals surface area contributed by atoms with Crippen LogP contribution in [0.1, 0.15) is 30.4 Å². The van der Waals surface area contributed by atoms with Crippen LogP contribution in [0.2, 0.25) is 0 Å². The van der Waals surface area contributed by atoms with Crippen LogP contribution in [-0.2, 0) is 19.1 Å². The molecule has 0 aliphatic heterocycles. The summed E-state index contributed by atoms with van der Waals surface area (Å²) in [5, 5.41) is 16.0. The zero-order chi connectivity index (χ0) is 23.0. The van der Waals surface area contributed by atoms with E-state index < -0.39 is 23.4 Å². The summed E-state index contributed by atoms with van der Waals surface area (Å²) in [6.07, 6.45) is 0.208. The number of benzene rings is 2. The number of anilines is 2. The molecule has 2 rings (SSSR count). The Bertz CT molecular complexity index is 1010. The van der Waals surface area contributed by atoms with Gasteiger partial charge in [0.25, 0.3) is 11.6 Å². The lowest BCUT2D eigenvalue weighted by molar-refractivity contribution is -0.384. The lowest BCUT2D eigenvalue weighted by atomic mass is 10.1. The minimum atomic E-state index is -0.595. The van der Waals surface area contributed by atoms with Crippen molar-refractivity contribution in [3.05, 3.63) is 62.1 Å². The molecule has 2 aromatic rings. The van der Waals surface area contributed by atoms with E-state index in [0.29, 0.717) is 11.4 Å². The van der Waals surface area contributed by atoms with Gasteiger partial charge in [-0.15, -0.1) is 0 Å². The van der Waals surface area contributed by atoms with Crippen molar-refractivity contribution in [2.75, 3.05) is 17.2 Å². The van der Waals surface area contributed by atoms with E-state index in [-0.39, 0.29) is 30.9 Å². The Morgan fingerprint density at radius 2 is 1.77 bits per heavy atom. The van der Waals surface area contributed by atoms with Crippen LogP contribution in [0.3, 0.4) is 0 Å². The first-order valence-electron chi connectivity index (χ1n) is 9.42. The molecule has 2 aromatic carbocycles. The number of hydrogen-bond acceptors (Lipinski definition) is 6. The Kier molecular flexibility index (Phi) is 8.68. The standard InChI is InChI=1S/C21H22BrN3O6/c1-13-10-18(14(2)9-17(13)22)24-20(27)12-31-21(28)8-4-7-19(26)23-15-5-3-6-16(11-15)25(29)30/h3,5-6,9-11H,4,7-8,12H2,1-2H3,(H,23,26)(H,24,27). The molecule has 0 aromatic heterocycles. The van der Waals surface area contributed by atoms with E-state index in [4.69, 9.17) is 4.74 Å². The topological polar surface area (TPSA) is 128 Å². The Balaban J connectivity index is 1.70. The molecular formula is C21H22BrN3O6. The van der Waals surface area contributed by atoms with E-state index in [9.17, 15) is 24.5 Å². The zero-order valence-electron chi connectivity index (χ0n) is 17.1. The summed E-state index contributed by atoms with van der Waals surface area (Å²) < 4.78 is 5.88. The number of hydrogen-bond donors (Lipinski definition) is 2. The van der Waals surface area contributed by atoms with Gasteiger partial charge in [-0.05, 0) is 49.6 Å². The van der Waals surface area contributed by atoms with E-state index in [2.05, 4.69) is 26.6 Å². The number of nitro benzene ring substituents is 1. The smallest absolute Gasteiger partial charge is 0.306 e. The van der Waals surface area contributed by atoms with Crippen LogP contribution < -0.4 is 10.6 Å². The maximum Gasteiger partial charge on any atom is 0.306 e. The third kappa shape index (κ3) is 7.82. The fraction of sp³-hybridized carbons (Fsp3) is 0.286. The Morgan fingerprint density at radius 1 is 1.03 bits per heavy atom. The van der Waals surface area contributed by atoms with Crippen molar-refractivity contribution in [2.45, 2.75) is 33.1 Å². The van der Waals surface area contributed by atoms with Crippen molar-refractivity contribution >= 4 is 50.8 Å². The number of carbonyl (C=O) groups is 3. The highest BCUT2D eigenvalue weighted by Crippen LogP contribution is 2.24. The largest absolute Gasteiger partial charge is 0.456 e. The molecule has 2 N–H and O–H groups in total. The molecule has 2 amide bonds. The van der Waals surface area contributed by atoms with Gasteiger partial charge in [-0.25, -0.2) is 0 Å². The highest BCUT2D eigenvalue weighted by molar-refractivity contribution is 9.10. The van der Waals surface area contributed by atoms with Gasteiger partial charge < -0.3 is 15.4 Å². The second-order valence-electron chi connectivity index (χ2n) is 6.83. The molecule has 0 radical (unpaired) electrons. The lowest BCUT2D eigenvalue weighted by Crippen LogP contribution is -2.21. The van der Waals surface area contributed by atoms with E-state index >= 15 is 0 Å². The molecule has 0 atom stereocenters. The van der Waals surface area contributed by atoms with E-state index in [1.807, 2.05) is 26.0 Å². The molecular weight excluding hydrogens is 470 g/mol. The van der Waals surface area contributed by atoms with Crippen LogP contribution >= 0.6 is 15.9 Å². The number of ether oxygens (including phenoxy) is 1. The number of rotatable bonds is 9. The molecule has 0 unspecified atom stereocenters. The van der Waals surface area contributed by atoms with E-state index in [0.717, 1.165) is 15.6 Å². The van der Waals surface area contributed by atoms with Crippen molar-refractivity contribution in [3.63, 3.8) is 0 Å². The molecule has 0 aliphatic rings. The van der Waals surface area contributed by atoms with Gasteiger partial charge in [0.1, 0.15) is 0 Å². The maximum absolute atomic E-state index is 12.0. The average Bonchev–Trinajstić information content (AvgIpc) is 2.70. The summed E-state index contributed by atoms with van der Waals surface area (Å²) in [5.74, 6) is -1.43. The van der Waals surface area contributed by atoms with Gasteiger partial charge in [-0.2, -0.15) is 0 Å². The number of nitrogens with one attached hydrogen (secondary N) is 2. The molecule has 0 aliphatic carbocycles. The number of nitro groups is 1. The SMILES string of the molecule is Cc1cc(NC(=O)COC(=O)CCCC(=O)Nc2cccc([N+](=O)[O-])c2)c(C)cc1Br. The first-order chi connectivity index (χ1) is 14.7. The molecule has 0 heterocycles. The second kappa shape index (κ2) is 11.2. The zero-order valence-corrected chi connectivity index (χ0v) is 18.7. The van der Waals surface area contributed by atoms with Crippen molar-refractivity contribution in [3.8, 4) is 0 Å². The summed E-state index contributed by atoms with van der Waals surface area (Å²) >= 11 is 3.42. The monoisotopic (exact) mass is 491 g/mol. The highest BCUT2D eigenvalue weighted by Gasteiger charge is 2.12. The van der Waals surface area contributed by atoms with Crippen LogP contribution in [0, 0.1) is 24.0 Å². The maximum atomic E-state index is 12.0. The van der Waals surface area contributed by atoms with E-state index in [1.165, 1.54) is 24.3 Å². The van der Waals surface area contributed by atoms with Gasteiger partial charge in [0.2, 0.25) is 5.91 Å². The number of amides is 2. The summed E-state index contributed by atoms with van der Waals surface area (Å²) in [4.78, 5) is 46.0. The quantitative estimate of drug-likeness (QED) is 0.306. The number of esters is 1. The normalized spacial score (nSPS) is 10.3. The van der Waals surface area contributed by atoms with Gasteiger partial charge in [-0.3, -0.25) is 24.5 Å². The predicted molar refractivity (Wildman–Crippen MR) is 119 cm³/mol. The average molecular weight is 492 g/mol. The fourth-order valence-corrected chi connectivity index (χ4v) is 3.09. The molecule has 31 heavy (non-hydrogen) atoms. The van der Waals surface area contributed by atoms with Crippen LogP contribution in [0.5, 0.6) is 0 Å². The molecule has 9 nitrogen and oxygen atoms in total.